The van der Waals surface area contributed by atoms with E-state index >= 15 is 0 Å². The molecule has 1 amide bonds. The number of halogens is 2. The summed E-state index contributed by atoms with van der Waals surface area (Å²) in [7, 11) is 0. The van der Waals surface area contributed by atoms with Crippen LogP contribution in [0.5, 0.6) is 0 Å². The van der Waals surface area contributed by atoms with Gasteiger partial charge in [0.25, 0.3) is 5.91 Å². The number of anilines is 1. The van der Waals surface area contributed by atoms with Gasteiger partial charge in [0.15, 0.2) is 11.6 Å². The Balaban J connectivity index is 2.22. The van der Waals surface area contributed by atoms with Gasteiger partial charge in [0.05, 0.1) is 12.2 Å². The molecule has 0 bridgehead atoms. The van der Waals surface area contributed by atoms with Crippen molar-refractivity contribution >= 4 is 11.6 Å². The maximum atomic E-state index is 13.5. The largest absolute Gasteiger partial charge is 0.320 e. The van der Waals surface area contributed by atoms with Crippen LogP contribution in [0, 0.1) is 23.5 Å². The molecule has 0 aliphatic heterocycles. The standard InChI is InChI=1S/C16H12F2N2O/c17-13-7-2-8-14(15(13)18)20-16(21)12-6-1-4-11(10-12)5-3-9-19/h1-2,4,6-8,10H,9,19H2,(H,20,21). The molecule has 0 aromatic heterocycles. The number of nitrogens with one attached hydrogen (secondary N) is 1. The number of carbonyl (C=O) groups is 1. The molecule has 5 heteroatoms. The van der Waals surface area contributed by atoms with Crippen molar-refractivity contribution in [3.05, 3.63) is 65.2 Å². The minimum atomic E-state index is -1.09. The zero-order valence-electron chi connectivity index (χ0n) is 11.0. The second-order valence-corrected chi connectivity index (χ2v) is 4.14. The van der Waals surface area contributed by atoms with Crippen molar-refractivity contribution in [2.24, 2.45) is 5.73 Å². The molecule has 0 heterocycles. The molecule has 0 saturated heterocycles. The van der Waals surface area contributed by atoms with Gasteiger partial charge >= 0.3 is 0 Å². The predicted octanol–water partition coefficient (Wildman–Crippen LogP) is 2.53. The fourth-order valence-corrected chi connectivity index (χ4v) is 1.69. The number of nitrogens with two attached hydrogens (primary N) is 1. The van der Waals surface area contributed by atoms with Gasteiger partial charge in [0.2, 0.25) is 0 Å². The van der Waals surface area contributed by atoms with Gasteiger partial charge in [0.1, 0.15) is 0 Å². The van der Waals surface area contributed by atoms with Gasteiger partial charge in [-0.1, -0.05) is 24.0 Å². The molecule has 3 N–H and O–H groups in total. The van der Waals surface area contributed by atoms with E-state index in [0.717, 1.165) is 6.07 Å². The second-order valence-electron chi connectivity index (χ2n) is 4.14. The van der Waals surface area contributed by atoms with Crippen LogP contribution in [-0.4, -0.2) is 12.5 Å². The molecule has 0 saturated carbocycles. The van der Waals surface area contributed by atoms with Gasteiger partial charge in [-0.25, -0.2) is 8.78 Å². The molecule has 2 aromatic carbocycles. The molecule has 2 aromatic rings. The Kier molecular flexibility index (Phi) is 4.64. The minimum absolute atomic E-state index is 0.210. The fraction of sp³-hybridized carbons (Fsp3) is 0.0625. The summed E-state index contributed by atoms with van der Waals surface area (Å²) >= 11 is 0. The van der Waals surface area contributed by atoms with Crippen LogP contribution in [0.4, 0.5) is 14.5 Å². The molecule has 0 spiro atoms. The Morgan fingerprint density at radius 3 is 2.71 bits per heavy atom. The van der Waals surface area contributed by atoms with E-state index in [1.807, 2.05) is 0 Å². The van der Waals surface area contributed by atoms with Crippen molar-refractivity contribution in [2.45, 2.75) is 0 Å². The predicted molar refractivity (Wildman–Crippen MR) is 76.7 cm³/mol. The average Bonchev–Trinajstić information content (AvgIpc) is 2.50. The average molecular weight is 286 g/mol. The maximum absolute atomic E-state index is 13.5. The Bertz CT molecular complexity index is 733. The van der Waals surface area contributed by atoms with Crippen LogP contribution in [0.2, 0.25) is 0 Å². The summed E-state index contributed by atoms with van der Waals surface area (Å²) in [5.74, 6) is 2.81. The van der Waals surface area contributed by atoms with E-state index in [0.29, 0.717) is 11.1 Å². The van der Waals surface area contributed by atoms with Crippen LogP contribution in [0.3, 0.4) is 0 Å². The molecule has 2 rings (SSSR count). The highest BCUT2D eigenvalue weighted by molar-refractivity contribution is 6.04. The molecular formula is C16H12F2N2O. The van der Waals surface area contributed by atoms with E-state index in [-0.39, 0.29) is 12.2 Å². The summed E-state index contributed by atoms with van der Waals surface area (Å²) in [6.07, 6.45) is 0. The van der Waals surface area contributed by atoms with E-state index in [1.165, 1.54) is 12.1 Å². The molecule has 0 atom stereocenters. The summed E-state index contributed by atoms with van der Waals surface area (Å²) < 4.78 is 26.6. The zero-order chi connectivity index (χ0) is 15.2. The first-order valence-electron chi connectivity index (χ1n) is 6.16. The first-order chi connectivity index (χ1) is 10.1. The normalized spacial score (nSPS) is 9.67. The first kappa shape index (κ1) is 14.7. The van der Waals surface area contributed by atoms with Gasteiger partial charge in [-0.3, -0.25) is 4.79 Å². The summed E-state index contributed by atoms with van der Waals surface area (Å²) in [5, 5.41) is 2.32. The molecule has 0 fully saturated rings. The van der Waals surface area contributed by atoms with Gasteiger partial charge in [0, 0.05) is 11.1 Å². The van der Waals surface area contributed by atoms with Crippen molar-refractivity contribution in [3.63, 3.8) is 0 Å². The highest BCUT2D eigenvalue weighted by Gasteiger charge is 2.12. The van der Waals surface area contributed by atoms with Crippen LogP contribution in [0.15, 0.2) is 42.5 Å². The van der Waals surface area contributed by atoms with Gasteiger partial charge in [-0.05, 0) is 30.3 Å². The zero-order valence-corrected chi connectivity index (χ0v) is 11.0. The van der Waals surface area contributed by atoms with Gasteiger partial charge < -0.3 is 11.1 Å². The molecular weight excluding hydrogens is 274 g/mol. The third-order valence-corrected chi connectivity index (χ3v) is 2.66. The van der Waals surface area contributed by atoms with Crippen LogP contribution >= 0.6 is 0 Å². The van der Waals surface area contributed by atoms with Crippen LogP contribution in [0.25, 0.3) is 0 Å². The lowest BCUT2D eigenvalue weighted by Gasteiger charge is -2.07. The molecule has 0 radical (unpaired) electrons. The smallest absolute Gasteiger partial charge is 0.255 e. The van der Waals surface area contributed by atoms with Crippen molar-refractivity contribution in [2.75, 3.05) is 11.9 Å². The van der Waals surface area contributed by atoms with E-state index in [1.54, 1.807) is 24.3 Å². The Morgan fingerprint density at radius 1 is 1.19 bits per heavy atom. The van der Waals surface area contributed by atoms with Gasteiger partial charge in [-0.2, -0.15) is 0 Å². The Morgan fingerprint density at radius 2 is 1.95 bits per heavy atom. The number of hydrogen-bond acceptors (Lipinski definition) is 2. The SMILES string of the molecule is NCC#Cc1cccc(C(=O)Nc2cccc(F)c2F)c1. The minimum Gasteiger partial charge on any atom is -0.320 e. The van der Waals surface area contributed by atoms with Crippen molar-refractivity contribution in [1.29, 1.82) is 0 Å². The Hall–Kier alpha value is -2.71. The molecule has 0 unspecified atom stereocenters. The topological polar surface area (TPSA) is 55.1 Å². The fourth-order valence-electron chi connectivity index (χ4n) is 1.69. The lowest BCUT2D eigenvalue weighted by molar-refractivity contribution is 0.102. The Labute approximate surface area is 120 Å². The number of carbonyl (C=O) groups excluding carboxylic acids is 1. The summed E-state index contributed by atoms with van der Waals surface area (Å²) in [6.45, 7) is 0.213. The highest BCUT2D eigenvalue weighted by Crippen LogP contribution is 2.17. The van der Waals surface area contributed by atoms with Gasteiger partial charge in [-0.15, -0.1) is 0 Å². The molecule has 0 aliphatic rings. The number of hydrogen-bond donors (Lipinski definition) is 2. The molecule has 3 nitrogen and oxygen atoms in total. The summed E-state index contributed by atoms with van der Waals surface area (Å²) in [4.78, 5) is 12.0. The van der Waals surface area contributed by atoms with Crippen molar-refractivity contribution < 1.29 is 13.6 Å². The maximum Gasteiger partial charge on any atom is 0.255 e. The molecule has 106 valence electrons. The quantitative estimate of drug-likeness (QED) is 0.834. The van der Waals surface area contributed by atoms with Crippen molar-refractivity contribution in [1.82, 2.24) is 0 Å². The lowest BCUT2D eigenvalue weighted by Crippen LogP contribution is -2.13. The third kappa shape index (κ3) is 3.65. The lowest BCUT2D eigenvalue weighted by atomic mass is 10.1. The first-order valence-corrected chi connectivity index (χ1v) is 6.16. The van der Waals surface area contributed by atoms with E-state index < -0.39 is 17.5 Å². The number of amides is 1. The van der Waals surface area contributed by atoms with Crippen LogP contribution in [-0.2, 0) is 0 Å². The van der Waals surface area contributed by atoms with E-state index in [9.17, 15) is 13.6 Å². The summed E-state index contributed by atoms with van der Waals surface area (Å²) in [6, 6.07) is 10.1. The second kappa shape index (κ2) is 6.64. The third-order valence-electron chi connectivity index (χ3n) is 2.66. The van der Waals surface area contributed by atoms with Crippen molar-refractivity contribution in [3.8, 4) is 11.8 Å². The van der Waals surface area contributed by atoms with Crippen LogP contribution in [0.1, 0.15) is 15.9 Å². The highest BCUT2D eigenvalue weighted by atomic mass is 19.2. The summed E-state index contributed by atoms with van der Waals surface area (Å²) in [5.41, 5.74) is 5.98. The van der Waals surface area contributed by atoms with E-state index in [2.05, 4.69) is 17.2 Å². The van der Waals surface area contributed by atoms with Crippen LogP contribution < -0.4 is 11.1 Å². The van der Waals surface area contributed by atoms with E-state index in [4.69, 9.17) is 5.73 Å². The number of benzene rings is 2. The molecule has 21 heavy (non-hydrogen) atoms. The molecule has 0 aliphatic carbocycles. The number of rotatable bonds is 2. The monoisotopic (exact) mass is 286 g/mol.